The average molecular weight is 372 g/mol. The standard InChI is InChI=1S/C19H28N6O2/c1-13(2)17-8-16(22-19-20-12-21-25(17)19)18(26)24-10-14-4-5-15(11-24)23(9-14)6-7-27-3/h8,12-15H,4-7,9-11H2,1-3H3/t14-,15-/m1/s1. The quantitative estimate of drug-likeness (QED) is 0.790. The number of hydrogen-bond donors (Lipinski definition) is 0. The van der Waals surface area contributed by atoms with Crippen LogP contribution in [0.3, 0.4) is 0 Å². The topological polar surface area (TPSA) is 75.9 Å². The number of amides is 1. The lowest BCUT2D eigenvalue weighted by atomic mass is 9.95. The van der Waals surface area contributed by atoms with E-state index in [1.165, 1.54) is 12.7 Å². The number of aromatic nitrogens is 4. The van der Waals surface area contributed by atoms with Crippen LogP contribution in [0.4, 0.5) is 0 Å². The van der Waals surface area contributed by atoms with Crippen molar-refractivity contribution in [2.45, 2.75) is 38.6 Å². The van der Waals surface area contributed by atoms with E-state index < -0.39 is 0 Å². The highest BCUT2D eigenvalue weighted by Crippen LogP contribution is 2.28. The second-order valence-corrected chi connectivity index (χ2v) is 7.99. The first kappa shape index (κ1) is 18.3. The third-order valence-corrected chi connectivity index (χ3v) is 5.79. The molecule has 3 aliphatic rings. The van der Waals surface area contributed by atoms with E-state index in [9.17, 15) is 4.79 Å². The molecule has 3 fully saturated rings. The summed E-state index contributed by atoms with van der Waals surface area (Å²) in [6, 6.07) is 2.29. The summed E-state index contributed by atoms with van der Waals surface area (Å²) in [5, 5.41) is 4.24. The molecule has 0 saturated carbocycles. The maximum Gasteiger partial charge on any atom is 0.272 e. The van der Waals surface area contributed by atoms with E-state index >= 15 is 0 Å². The molecule has 5 rings (SSSR count). The number of rotatable bonds is 5. The van der Waals surface area contributed by atoms with E-state index in [1.54, 1.807) is 11.6 Å². The number of ether oxygens (including phenoxy) is 1. The van der Waals surface area contributed by atoms with Gasteiger partial charge in [0.15, 0.2) is 0 Å². The van der Waals surface area contributed by atoms with Crippen molar-refractivity contribution in [1.29, 1.82) is 0 Å². The van der Waals surface area contributed by atoms with Crippen molar-refractivity contribution in [3.05, 3.63) is 23.8 Å². The predicted molar refractivity (Wildman–Crippen MR) is 101 cm³/mol. The van der Waals surface area contributed by atoms with Crippen molar-refractivity contribution in [3.63, 3.8) is 0 Å². The Hall–Kier alpha value is -2.06. The number of methoxy groups -OCH3 is 1. The summed E-state index contributed by atoms with van der Waals surface area (Å²) < 4.78 is 6.98. The summed E-state index contributed by atoms with van der Waals surface area (Å²) in [7, 11) is 1.74. The lowest BCUT2D eigenvalue weighted by Crippen LogP contribution is -2.45. The minimum atomic E-state index is 0.00731. The van der Waals surface area contributed by atoms with Crippen molar-refractivity contribution in [1.82, 2.24) is 29.4 Å². The first-order valence-electron chi connectivity index (χ1n) is 9.79. The summed E-state index contributed by atoms with van der Waals surface area (Å²) in [5.74, 6) is 1.25. The first-order valence-corrected chi connectivity index (χ1v) is 9.79. The number of carbonyl (C=O) groups excluding carboxylic acids is 1. The summed E-state index contributed by atoms with van der Waals surface area (Å²) in [4.78, 5) is 26.5. The zero-order chi connectivity index (χ0) is 19.0. The van der Waals surface area contributed by atoms with Gasteiger partial charge in [0.25, 0.3) is 11.7 Å². The molecule has 3 saturated heterocycles. The van der Waals surface area contributed by atoms with Crippen molar-refractivity contribution < 1.29 is 9.53 Å². The highest BCUT2D eigenvalue weighted by atomic mass is 16.5. The van der Waals surface area contributed by atoms with Gasteiger partial charge >= 0.3 is 0 Å². The highest BCUT2D eigenvalue weighted by Gasteiger charge is 2.36. The van der Waals surface area contributed by atoms with Gasteiger partial charge in [-0.15, -0.1) is 0 Å². The van der Waals surface area contributed by atoms with E-state index in [-0.39, 0.29) is 11.8 Å². The number of hydrogen-bond acceptors (Lipinski definition) is 6. The molecule has 27 heavy (non-hydrogen) atoms. The van der Waals surface area contributed by atoms with Crippen LogP contribution in [0.1, 0.15) is 48.8 Å². The fourth-order valence-electron chi connectivity index (χ4n) is 4.35. The van der Waals surface area contributed by atoms with E-state index in [1.807, 2.05) is 11.0 Å². The number of nitrogens with zero attached hydrogens (tertiary/aromatic N) is 6. The Bertz CT molecular complexity index is 820. The van der Waals surface area contributed by atoms with Gasteiger partial charge in [-0.2, -0.15) is 10.1 Å². The molecule has 8 heteroatoms. The van der Waals surface area contributed by atoms with Gasteiger partial charge in [-0.25, -0.2) is 9.50 Å². The zero-order valence-electron chi connectivity index (χ0n) is 16.3. The van der Waals surface area contributed by atoms with Crippen LogP contribution < -0.4 is 0 Å². The highest BCUT2D eigenvalue weighted by molar-refractivity contribution is 5.93. The smallest absolute Gasteiger partial charge is 0.272 e. The minimum absolute atomic E-state index is 0.00731. The molecule has 0 N–H and O–H groups in total. The Balaban J connectivity index is 1.59. The number of piperidine rings is 1. The number of fused-ring (bicyclic) bond motifs is 5. The van der Waals surface area contributed by atoms with Gasteiger partial charge in [-0.05, 0) is 30.7 Å². The Morgan fingerprint density at radius 1 is 1.30 bits per heavy atom. The van der Waals surface area contributed by atoms with Gasteiger partial charge < -0.3 is 9.64 Å². The van der Waals surface area contributed by atoms with Gasteiger partial charge in [0, 0.05) is 39.3 Å². The molecule has 2 bridgehead atoms. The van der Waals surface area contributed by atoms with Crippen LogP contribution in [0.15, 0.2) is 12.4 Å². The van der Waals surface area contributed by atoms with Crippen LogP contribution in [0, 0.1) is 5.92 Å². The molecular formula is C19H28N6O2. The predicted octanol–water partition coefficient (Wildman–Crippen LogP) is 1.43. The van der Waals surface area contributed by atoms with Crippen molar-refractivity contribution in [2.24, 2.45) is 5.92 Å². The molecule has 2 aromatic rings. The van der Waals surface area contributed by atoms with Gasteiger partial charge in [0.05, 0.1) is 12.3 Å². The second kappa shape index (κ2) is 7.52. The molecule has 2 atom stereocenters. The minimum Gasteiger partial charge on any atom is -0.383 e. The van der Waals surface area contributed by atoms with E-state index in [2.05, 4.69) is 33.8 Å². The lowest BCUT2D eigenvalue weighted by Gasteiger charge is -2.35. The van der Waals surface area contributed by atoms with E-state index in [0.29, 0.717) is 23.4 Å². The van der Waals surface area contributed by atoms with Crippen LogP contribution in [-0.2, 0) is 4.74 Å². The maximum atomic E-state index is 13.3. The zero-order valence-corrected chi connectivity index (χ0v) is 16.3. The molecule has 0 unspecified atom stereocenters. The van der Waals surface area contributed by atoms with Gasteiger partial charge in [0.1, 0.15) is 12.0 Å². The van der Waals surface area contributed by atoms with Crippen LogP contribution >= 0.6 is 0 Å². The molecule has 0 radical (unpaired) electrons. The van der Waals surface area contributed by atoms with Crippen LogP contribution in [0.5, 0.6) is 0 Å². The molecule has 8 nitrogen and oxygen atoms in total. The van der Waals surface area contributed by atoms with Gasteiger partial charge in [0.2, 0.25) is 0 Å². The Kier molecular flexibility index (Phi) is 5.10. The van der Waals surface area contributed by atoms with E-state index in [0.717, 1.165) is 44.9 Å². The molecule has 5 heterocycles. The van der Waals surface area contributed by atoms with E-state index in [4.69, 9.17) is 4.74 Å². The van der Waals surface area contributed by atoms with Gasteiger partial charge in [-0.3, -0.25) is 9.69 Å². The van der Waals surface area contributed by atoms with Crippen LogP contribution in [0.2, 0.25) is 0 Å². The van der Waals surface area contributed by atoms with Crippen molar-refractivity contribution in [3.8, 4) is 0 Å². The largest absolute Gasteiger partial charge is 0.383 e. The molecule has 0 aromatic carbocycles. The Morgan fingerprint density at radius 2 is 2.15 bits per heavy atom. The first-order chi connectivity index (χ1) is 13.1. The van der Waals surface area contributed by atoms with Crippen molar-refractivity contribution >= 4 is 11.7 Å². The number of carbonyl (C=O) groups is 1. The Labute approximate surface area is 159 Å². The summed E-state index contributed by atoms with van der Waals surface area (Å²) in [6.45, 7) is 8.45. The second-order valence-electron chi connectivity index (χ2n) is 7.99. The van der Waals surface area contributed by atoms with Crippen LogP contribution in [0.25, 0.3) is 5.78 Å². The molecule has 3 aliphatic heterocycles. The summed E-state index contributed by atoms with van der Waals surface area (Å²) in [5.41, 5.74) is 1.43. The Morgan fingerprint density at radius 3 is 2.93 bits per heavy atom. The van der Waals surface area contributed by atoms with Crippen LogP contribution in [-0.4, -0.2) is 81.2 Å². The SMILES string of the molecule is COCCN1C[C@H]2CC[C@@H]1CN(C(=O)c1cc(C(C)C)n3ncnc3n1)C2. The maximum absolute atomic E-state index is 13.3. The molecule has 2 aromatic heterocycles. The molecule has 1 amide bonds. The third-order valence-electron chi connectivity index (χ3n) is 5.79. The fourth-order valence-corrected chi connectivity index (χ4v) is 4.35. The third kappa shape index (κ3) is 3.55. The summed E-state index contributed by atoms with van der Waals surface area (Å²) in [6.07, 6.45) is 3.82. The normalized spacial score (nSPS) is 23.3. The van der Waals surface area contributed by atoms with Gasteiger partial charge in [-0.1, -0.05) is 13.8 Å². The molecule has 0 aliphatic carbocycles. The van der Waals surface area contributed by atoms with Crippen molar-refractivity contribution in [2.75, 3.05) is 39.9 Å². The fraction of sp³-hybridized carbons (Fsp3) is 0.684. The average Bonchev–Trinajstić information content (AvgIpc) is 2.95. The molecule has 0 spiro atoms. The molecular weight excluding hydrogens is 344 g/mol. The lowest BCUT2D eigenvalue weighted by molar-refractivity contribution is 0.0712. The summed E-state index contributed by atoms with van der Waals surface area (Å²) >= 11 is 0. The molecule has 146 valence electrons. The monoisotopic (exact) mass is 372 g/mol.